The standard InChI is InChI=1S/C16H28N2O/c1-6-18(15-10-8-7-9-13(15)2)14(12-17)11-16(3,4)19-5/h7-10,14H,6,11-12,17H2,1-5H3. The average molecular weight is 264 g/mol. The van der Waals surface area contributed by atoms with Crippen LogP contribution < -0.4 is 10.6 Å². The van der Waals surface area contributed by atoms with Crippen LogP contribution in [0.5, 0.6) is 0 Å². The van der Waals surface area contributed by atoms with E-state index in [0.29, 0.717) is 12.6 Å². The molecule has 0 radical (unpaired) electrons. The van der Waals surface area contributed by atoms with Crippen LogP contribution in [0.25, 0.3) is 0 Å². The van der Waals surface area contributed by atoms with Crippen molar-refractivity contribution in [1.29, 1.82) is 0 Å². The first-order valence-electron chi connectivity index (χ1n) is 7.02. The number of para-hydroxylation sites is 1. The number of methoxy groups -OCH3 is 1. The van der Waals surface area contributed by atoms with Gasteiger partial charge in [0.15, 0.2) is 0 Å². The monoisotopic (exact) mass is 264 g/mol. The van der Waals surface area contributed by atoms with Crippen molar-refractivity contribution < 1.29 is 4.74 Å². The van der Waals surface area contributed by atoms with Gasteiger partial charge in [0.05, 0.1) is 5.60 Å². The minimum Gasteiger partial charge on any atom is -0.379 e. The van der Waals surface area contributed by atoms with Gasteiger partial charge in [-0.25, -0.2) is 0 Å². The van der Waals surface area contributed by atoms with Crippen LogP contribution in [-0.2, 0) is 4.74 Å². The highest BCUT2D eigenvalue weighted by atomic mass is 16.5. The highest BCUT2D eigenvalue weighted by molar-refractivity contribution is 5.53. The summed E-state index contributed by atoms with van der Waals surface area (Å²) in [4.78, 5) is 2.39. The van der Waals surface area contributed by atoms with Gasteiger partial charge in [-0.3, -0.25) is 0 Å². The smallest absolute Gasteiger partial charge is 0.0642 e. The lowest BCUT2D eigenvalue weighted by Gasteiger charge is -2.37. The van der Waals surface area contributed by atoms with Gasteiger partial charge in [0.1, 0.15) is 0 Å². The Kier molecular flexibility index (Phi) is 5.83. The maximum Gasteiger partial charge on any atom is 0.0642 e. The van der Waals surface area contributed by atoms with Gasteiger partial charge in [0.25, 0.3) is 0 Å². The van der Waals surface area contributed by atoms with E-state index in [9.17, 15) is 0 Å². The molecule has 2 N–H and O–H groups in total. The molecule has 0 spiro atoms. The first kappa shape index (κ1) is 16.0. The number of hydrogen-bond acceptors (Lipinski definition) is 3. The molecule has 0 amide bonds. The predicted octanol–water partition coefficient (Wildman–Crippen LogP) is 2.96. The lowest BCUT2D eigenvalue weighted by atomic mass is 9.96. The molecule has 0 aliphatic carbocycles. The van der Waals surface area contributed by atoms with E-state index in [2.05, 4.69) is 56.9 Å². The van der Waals surface area contributed by atoms with Crippen molar-refractivity contribution >= 4 is 5.69 Å². The molecule has 1 atom stereocenters. The Morgan fingerprint density at radius 1 is 1.32 bits per heavy atom. The Hall–Kier alpha value is -1.06. The van der Waals surface area contributed by atoms with E-state index >= 15 is 0 Å². The van der Waals surface area contributed by atoms with Crippen molar-refractivity contribution in [2.24, 2.45) is 5.73 Å². The minimum atomic E-state index is -0.153. The Morgan fingerprint density at radius 3 is 2.42 bits per heavy atom. The molecule has 0 aliphatic rings. The second-order valence-electron chi connectivity index (χ2n) is 5.63. The van der Waals surface area contributed by atoms with E-state index in [1.165, 1.54) is 11.3 Å². The Morgan fingerprint density at radius 2 is 1.95 bits per heavy atom. The van der Waals surface area contributed by atoms with E-state index in [1.54, 1.807) is 7.11 Å². The quantitative estimate of drug-likeness (QED) is 0.823. The van der Waals surface area contributed by atoms with Gasteiger partial charge in [-0.05, 0) is 45.7 Å². The van der Waals surface area contributed by atoms with Crippen molar-refractivity contribution in [2.75, 3.05) is 25.1 Å². The number of likely N-dealkylation sites (N-methyl/N-ethyl adjacent to an activating group) is 1. The summed E-state index contributed by atoms with van der Waals surface area (Å²) in [5, 5.41) is 0. The number of benzene rings is 1. The van der Waals surface area contributed by atoms with Crippen molar-refractivity contribution in [1.82, 2.24) is 0 Å². The number of rotatable bonds is 7. The molecule has 1 aromatic carbocycles. The lowest BCUT2D eigenvalue weighted by Crippen LogP contribution is -2.45. The van der Waals surface area contributed by atoms with E-state index in [0.717, 1.165) is 13.0 Å². The molecular weight excluding hydrogens is 236 g/mol. The summed E-state index contributed by atoms with van der Waals surface area (Å²) in [5.41, 5.74) is 8.41. The van der Waals surface area contributed by atoms with Gasteiger partial charge in [-0.1, -0.05) is 18.2 Å². The predicted molar refractivity (Wildman–Crippen MR) is 82.7 cm³/mol. The Bertz CT molecular complexity index is 390. The summed E-state index contributed by atoms with van der Waals surface area (Å²) in [6.07, 6.45) is 0.919. The van der Waals surface area contributed by atoms with Crippen LogP contribution in [0.15, 0.2) is 24.3 Å². The fourth-order valence-corrected chi connectivity index (χ4v) is 2.48. The van der Waals surface area contributed by atoms with Crippen LogP contribution in [0.1, 0.15) is 32.8 Å². The summed E-state index contributed by atoms with van der Waals surface area (Å²) in [6.45, 7) is 10.1. The maximum atomic E-state index is 6.00. The third kappa shape index (κ3) is 4.22. The lowest BCUT2D eigenvalue weighted by molar-refractivity contribution is 0.0101. The molecule has 0 aliphatic heterocycles. The number of anilines is 1. The van der Waals surface area contributed by atoms with Gasteiger partial charge in [0, 0.05) is 31.9 Å². The molecule has 0 saturated carbocycles. The summed E-state index contributed by atoms with van der Waals surface area (Å²) >= 11 is 0. The number of aryl methyl sites for hydroxylation is 1. The molecule has 0 saturated heterocycles. The zero-order valence-corrected chi connectivity index (χ0v) is 12.9. The first-order chi connectivity index (χ1) is 8.95. The van der Waals surface area contributed by atoms with Crippen LogP contribution in [0.2, 0.25) is 0 Å². The zero-order valence-electron chi connectivity index (χ0n) is 12.9. The van der Waals surface area contributed by atoms with Crippen LogP contribution in [0, 0.1) is 6.92 Å². The SMILES string of the molecule is CCN(c1ccccc1C)C(CN)CC(C)(C)OC. The third-order valence-electron chi connectivity index (χ3n) is 3.76. The van der Waals surface area contributed by atoms with Gasteiger partial charge >= 0.3 is 0 Å². The zero-order chi connectivity index (χ0) is 14.5. The van der Waals surface area contributed by atoms with Crippen molar-refractivity contribution in [3.63, 3.8) is 0 Å². The summed E-state index contributed by atoms with van der Waals surface area (Å²) in [6, 6.07) is 8.76. The third-order valence-corrected chi connectivity index (χ3v) is 3.76. The largest absolute Gasteiger partial charge is 0.379 e. The molecule has 1 unspecified atom stereocenters. The summed E-state index contributed by atoms with van der Waals surface area (Å²) in [5.74, 6) is 0. The van der Waals surface area contributed by atoms with Gasteiger partial charge in [-0.2, -0.15) is 0 Å². The van der Waals surface area contributed by atoms with Crippen molar-refractivity contribution in [3.8, 4) is 0 Å². The molecule has 108 valence electrons. The molecule has 0 fully saturated rings. The summed E-state index contributed by atoms with van der Waals surface area (Å²) in [7, 11) is 1.76. The number of nitrogens with zero attached hydrogens (tertiary/aromatic N) is 1. The molecule has 3 nitrogen and oxygen atoms in total. The average Bonchev–Trinajstić information content (AvgIpc) is 2.40. The first-order valence-corrected chi connectivity index (χ1v) is 7.02. The molecule has 1 aromatic rings. The number of ether oxygens (including phenoxy) is 1. The maximum absolute atomic E-state index is 6.00. The van der Waals surface area contributed by atoms with E-state index in [4.69, 9.17) is 10.5 Å². The van der Waals surface area contributed by atoms with Gasteiger partial charge in [-0.15, -0.1) is 0 Å². The fraction of sp³-hybridized carbons (Fsp3) is 0.625. The molecule has 0 aromatic heterocycles. The molecule has 0 bridgehead atoms. The van der Waals surface area contributed by atoms with Gasteiger partial charge in [0.2, 0.25) is 0 Å². The second-order valence-corrected chi connectivity index (χ2v) is 5.63. The molecule has 3 heteroatoms. The molecule has 19 heavy (non-hydrogen) atoms. The molecule has 0 heterocycles. The Labute approximate surface area is 117 Å². The second kappa shape index (κ2) is 6.92. The van der Waals surface area contributed by atoms with Crippen LogP contribution in [0.4, 0.5) is 5.69 Å². The molecular formula is C16H28N2O. The van der Waals surface area contributed by atoms with Crippen LogP contribution >= 0.6 is 0 Å². The minimum absolute atomic E-state index is 0.153. The van der Waals surface area contributed by atoms with Crippen molar-refractivity contribution in [2.45, 2.75) is 45.8 Å². The highest BCUT2D eigenvalue weighted by Crippen LogP contribution is 2.26. The number of hydrogen-bond donors (Lipinski definition) is 1. The van der Waals surface area contributed by atoms with E-state index in [1.807, 2.05) is 0 Å². The normalized spacial score (nSPS) is 13.4. The van der Waals surface area contributed by atoms with Gasteiger partial charge < -0.3 is 15.4 Å². The topological polar surface area (TPSA) is 38.5 Å². The van der Waals surface area contributed by atoms with Crippen LogP contribution in [0.3, 0.4) is 0 Å². The molecule has 1 rings (SSSR count). The highest BCUT2D eigenvalue weighted by Gasteiger charge is 2.26. The van der Waals surface area contributed by atoms with Crippen molar-refractivity contribution in [3.05, 3.63) is 29.8 Å². The van der Waals surface area contributed by atoms with E-state index in [-0.39, 0.29) is 5.60 Å². The number of nitrogens with two attached hydrogens (primary N) is 1. The van der Waals surface area contributed by atoms with Crippen LogP contribution in [-0.4, -0.2) is 31.8 Å². The summed E-state index contributed by atoms with van der Waals surface area (Å²) < 4.78 is 5.55. The van der Waals surface area contributed by atoms with E-state index < -0.39 is 0 Å². The Balaban J connectivity index is 2.97. The fourth-order valence-electron chi connectivity index (χ4n) is 2.48.